The molecule has 0 unspecified atom stereocenters. The van der Waals surface area contributed by atoms with E-state index in [1.54, 1.807) is 6.07 Å². The summed E-state index contributed by atoms with van der Waals surface area (Å²) in [6.45, 7) is 0.0419. The average molecular weight is 214 g/mol. The highest BCUT2D eigenvalue weighted by molar-refractivity contribution is 7.18. The number of thiophene rings is 1. The third kappa shape index (κ3) is 1.29. The lowest BCUT2D eigenvalue weighted by Crippen LogP contribution is -1.86. The van der Waals surface area contributed by atoms with E-state index < -0.39 is 0 Å². The molecule has 0 spiro atoms. The second kappa shape index (κ2) is 3.18. The smallest absolute Gasteiger partial charge is 0.0813 e. The van der Waals surface area contributed by atoms with Crippen molar-refractivity contribution < 1.29 is 5.11 Å². The molecule has 0 saturated heterocycles. The maximum Gasteiger partial charge on any atom is 0.0813 e. The number of aliphatic hydroxyl groups excluding tert-OH is 1. The molecule has 0 radical (unpaired) electrons. The summed E-state index contributed by atoms with van der Waals surface area (Å²) < 4.78 is 0.950. The van der Waals surface area contributed by atoms with Crippen LogP contribution in [-0.4, -0.2) is 5.11 Å². The Morgan fingerprint density at radius 3 is 2.92 bits per heavy atom. The molecule has 13 heavy (non-hydrogen) atoms. The van der Waals surface area contributed by atoms with Gasteiger partial charge in [0, 0.05) is 0 Å². The van der Waals surface area contributed by atoms with Gasteiger partial charge in [0.05, 0.1) is 22.0 Å². The van der Waals surface area contributed by atoms with E-state index in [0.29, 0.717) is 10.7 Å². The largest absolute Gasteiger partial charge is 0.397 e. The number of anilines is 1. The number of benzene rings is 1. The van der Waals surface area contributed by atoms with Gasteiger partial charge in [-0.25, -0.2) is 0 Å². The monoisotopic (exact) mass is 213 g/mol. The van der Waals surface area contributed by atoms with E-state index in [9.17, 15) is 0 Å². The minimum atomic E-state index is 0.0419. The number of nitrogens with two attached hydrogens (primary N) is 1. The predicted molar refractivity (Wildman–Crippen MR) is 57.2 cm³/mol. The molecule has 4 heteroatoms. The van der Waals surface area contributed by atoms with Crippen LogP contribution in [-0.2, 0) is 6.61 Å². The molecule has 0 aliphatic rings. The Morgan fingerprint density at radius 2 is 2.23 bits per heavy atom. The maximum atomic E-state index is 9.02. The van der Waals surface area contributed by atoms with Crippen LogP contribution in [0.4, 0.5) is 5.69 Å². The van der Waals surface area contributed by atoms with Crippen molar-refractivity contribution in [3.8, 4) is 0 Å². The molecule has 1 heterocycles. The summed E-state index contributed by atoms with van der Waals surface area (Å²) in [6.07, 6.45) is 0. The van der Waals surface area contributed by atoms with E-state index in [-0.39, 0.29) is 6.61 Å². The predicted octanol–water partition coefficient (Wildman–Crippen LogP) is 2.63. The van der Waals surface area contributed by atoms with Gasteiger partial charge in [-0.2, -0.15) is 0 Å². The van der Waals surface area contributed by atoms with E-state index in [1.807, 2.05) is 11.4 Å². The zero-order valence-corrected chi connectivity index (χ0v) is 8.32. The van der Waals surface area contributed by atoms with Crippen molar-refractivity contribution in [2.75, 3.05) is 5.73 Å². The van der Waals surface area contributed by atoms with Crippen LogP contribution in [0.1, 0.15) is 5.56 Å². The Morgan fingerprint density at radius 1 is 1.46 bits per heavy atom. The Labute approximate surface area is 84.6 Å². The van der Waals surface area contributed by atoms with E-state index in [0.717, 1.165) is 15.6 Å². The third-order valence-electron chi connectivity index (χ3n) is 1.96. The molecule has 3 N–H and O–H groups in total. The normalized spacial score (nSPS) is 10.9. The zero-order valence-electron chi connectivity index (χ0n) is 6.75. The van der Waals surface area contributed by atoms with Crippen LogP contribution < -0.4 is 5.73 Å². The van der Waals surface area contributed by atoms with Gasteiger partial charge in [0.25, 0.3) is 0 Å². The molecule has 0 saturated carbocycles. The standard InChI is InChI=1S/C9H8ClNOS/c10-8-7(11)2-1-6-5(3-12)4-13-9(6)8/h1-2,4,12H,3,11H2. The van der Waals surface area contributed by atoms with Gasteiger partial charge in [-0.3, -0.25) is 0 Å². The van der Waals surface area contributed by atoms with Crippen LogP contribution in [0.2, 0.25) is 5.02 Å². The van der Waals surface area contributed by atoms with Crippen LogP contribution >= 0.6 is 22.9 Å². The zero-order chi connectivity index (χ0) is 9.42. The van der Waals surface area contributed by atoms with Gasteiger partial charge in [-0.15, -0.1) is 11.3 Å². The minimum Gasteiger partial charge on any atom is -0.397 e. The number of hydrogen-bond acceptors (Lipinski definition) is 3. The summed E-state index contributed by atoms with van der Waals surface area (Å²) >= 11 is 7.51. The number of fused-ring (bicyclic) bond motifs is 1. The van der Waals surface area contributed by atoms with Crippen molar-refractivity contribution in [1.29, 1.82) is 0 Å². The van der Waals surface area contributed by atoms with E-state index in [2.05, 4.69) is 0 Å². The lowest BCUT2D eigenvalue weighted by Gasteiger charge is -1.99. The van der Waals surface area contributed by atoms with Gasteiger partial charge < -0.3 is 10.8 Å². The van der Waals surface area contributed by atoms with Gasteiger partial charge in [0.15, 0.2) is 0 Å². The summed E-state index contributed by atoms with van der Waals surface area (Å²) in [5, 5.41) is 12.5. The summed E-state index contributed by atoms with van der Waals surface area (Å²) in [7, 11) is 0. The fourth-order valence-electron chi connectivity index (χ4n) is 1.26. The molecule has 2 rings (SSSR count). The van der Waals surface area contributed by atoms with Crippen molar-refractivity contribution in [2.45, 2.75) is 6.61 Å². The van der Waals surface area contributed by atoms with Gasteiger partial charge in [0.2, 0.25) is 0 Å². The SMILES string of the molecule is Nc1ccc2c(CO)csc2c1Cl. The Kier molecular flexibility index (Phi) is 2.15. The Hall–Kier alpha value is -0.770. The van der Waals surface area contributed by atoms with Crippen LogP contribution in [0, 0.1) is 0 Å². The average Bonchev–Trinajstić information content (AvgIpc) is 2.55. The van der Waals surface area contributed by atoms with Crippen molar-refractivity contribution in [3.05, 3.63) is 28.1 Å². The first kappa shape index (κ1) is 8.81. The number of hydrogen-bond donors (Lipinski definition) is 2. The molecule has 2 aromatic rings. The van der Waals surface area contributed by atoms with E-state index >= 15 is 0 Å². The maximum absolute atomic E-state index is 9.02. The Bertz CT molecular complexity index is 452. The molecule has 0 atom stereocenters. The molecular formula is C9H8ClNOS. The molecule has 0 aliphatic carbocycles. The van der Waals surface area contributed by atoms with Gasteiger partial charge in [0.1, 0.15) is 0 Å². The van der Waals surface area contributed by atoms with Crippen LogP contribution in [0.3, 0.4) is 0 Å². The second-order valence-electron chi connectivity index (χ2n) is 2.76. The molecule has 0 fully saturated rings. The van der Waals surface area contributed by atoms with Gasteiger partial charge in [-0.1, -0.05) is 17.7 Å². The van der Waals surface area contributed by atoms with Crippen LogP contribution in [0.5, 0.6) is 0 Å². The van der Waals surface area contributed by atoms with Crippen molar-refractivity contribution in [1.82, 2.24) is 0 Å². The Balaban J connectivity index is 2.81. The first-order valence-corrected chi connectivity index (χ1v) is 5.04. The van der Waals surface area contributed by atoms with Gasteiger partial charge in [-0.05, 0) is 22.4 Å². The fraction of sp³-hybridized carbons (Fsp3) is 0.111. The topological polar surface area (TPSA) is 46.2 Å². The molecule has 1 aromatic heterocycles. The summed E-state index contributed by atoms with van der Waals surface area (Å²) in [6, 6.07) is 3.65. The third-order valence-corrected chi connectivity index (χ3v) is 3.54. The highest BCUT2D eigenvalue weighted by Crippen LogP contribution is 2.35. The van der Waals surface area contributed by atoms with Crippen molar-refractivity contribution in [3.63, 3.8) is 0 Å². The first-order valence-electron chi connectivity index (χ1n) is 3.79. The molecular weight excluding hydrogens is 206 g/mol. The van der Waals surface area contributed by atoms with Crippen molar-refractivity contribution in [2.24, 2.45) is 0 Å². The van der Waals surface area contributed by atoms with Gasteiger partial charge >= 0.3 is 0 Å². The minimum absolute atomic E-state index is 0.0419. The van der Waals surface area contributed by atoms with Crippen LogP contribution in [0.25, 0.3) is 10.1 Å². The highest BCUT2D eigenvalue weighted by Gasteiger charge is 2.07. The molecule has 2 nitrogen and oxygen atoms in total. The second-order valence-corrected chi connectivity index (χ2v) is 4.02. The lowest BCUT2D eigenvalue weighted by atomic mass is 10.2. The highest BCUT2D eigenvalue weighted by atomic mass is 35.5. The molecule has 0 amide bonds. The molecule has 68 valence electrons. The van der Waals surface area contributed by atoms with Crippen molar-refractivity contribution >= 4 is 38.7 Å². The number of aliphatic hydroxyl groups is 1. The summed E-state index contributed by atoms with van der Waals surface area (Å²) in [5.74, 6) is 0. The summed E-state index contributed by atoms with van der Waals surface area (Å²) in [4.78, 5) is 0. The molecule has 1 aromatic carbocycles. The van der Waals surface area contributed by atoms with Crippen LogP contribution in [0.15, 0.2) is 17.5 Å². The van der Waals surface area contributed by atoms with E-state index in [4.69, 9.17) is 22.4 Å². The van der Waals surface area contributed by atoms with E-state index in [1.165, 1.54) is 11.3 Å². The first-order chi connectivity index (χ1) is 6.24. The number of halogens is 1. The fourth-order valence-corrected chi connectivity index (χ4v) is 2.56. The number of nitrogen functional groups attached to an aromatic ring is 1. The number of rotatable bonds is 1. The molecule has 0 bridgehead atoms. The lowest BCUT2D eigenvalue weighted by molar-refractivity contribution is 0.284. The quantitative estimate of drug-likeness (QED) is 0.716. The molecule has 0 aliphatic heterocycles. The summed E-state index contributed by atoms with van der Waals surface area (Å²) in [5.41, 5.74) is 7.14.